The molecule has 1 aromatic heterocycles. The minimum Gasteiger partial charge on any atom is -0.370 e. The highest BCUT2D eigenvalue weighted by atomic mass is 35.5. The lowest BCUT2D eigenvalue weighted by Gasteiger charge is -2.30. The zero-order valence-electron chi connectivity index (χ0n) is 9.33. The molecular formula is C10H19Cl2N3O. The van der Waals surface area contributed by atoms with Crippen molar-refractivity contribution in [1.29, 1.82) is 0 Å². The number of hydrogen-bond acceptors (Lipinski definition) is 3. The average Bonchev–Trinajstić information content (AvgIpc) is 2.64. The Hall–Kier alpha value is -0.290. The lowest BCUT2D eigenvalue weighted by Crippen LogP contribution is -2.30. The van der Waals surface area contributed by atoms with Crippen LogP contribution in [0.5, 0.6) is 0 Å². The van der Waals surface area contributed by atoms with Crippen LogP contribution in [0.1, 0.15) is 24.8 Å². The van der Waals surface area contributed by atoms with Crippen molar-refractivity contribution in [2.24, 2.45) is 18.7 Å². The summed E-state index contributed by atoms with van der Waals surface area (Å²) in [6, 6.07) is 0. The molecule has 2 atom stereocenters. The van der Waals surface area contributed by atoms with Gasteiger partial charge in [0.1, 0.15) is 11.9 Å². The standard InChI is InChI=1S/C10H17N3O.2ClH/c1-13-5-4-12-10(13)9-8(7-11)3-2-6-14-9;;/h4-5,8-9H,2-3,6-7,11H2,1H3;2*1H/t8-,9+;;/m0../s1. The molecule has 0 aliphatic carbocycles. The van der Waals surface area contributed by atoms with Gasteiger partial charge >= 0.3 is 0 Å². The van der Waals surface area contributed by atoms with Crippen LogP contribution in [-0.2, 0) is 11.8 Å². The number of ether oxygens (including phenoxy) is 1. The topological polar surface area (TPSA) is 53.1 Å². The quantitative estimate of drug-likeness (QED) is 0.888. The zero-order valence-corrected chi connectivity index (χ0v) is 11.0. The third-order valence-corrected chi connectivity index (χ3v) is 2.86. The van der Waals surface area contributed by atoms with Crippen LogP contribution < -0.4 is 5.73 Å². The Labute approximate surface area is 108 Å². The maximum absolute atomic E-state index is 5.74. The molecule has 0 radical (unpaired) electrons. The highest BCUT2D eigenvalue weighted by molar-refractivity contribution is 5.85. The second-order valence-electron chi connectivity index (χ2n) is 3.83. The summed E-state index contributed by atoms with van der Waals surface area (Å²) in [7, 11) is 1.99. The van der Waals surface area contributed by atoms with E-state index >= 15 is 0 Å². The Bertz CT molecular complexity index is 306. The van der Waals surface area contributed by atoms with Gasteiger partial charge in [0, 0.05) is 32.0 Å². The summed E-state index contributed by atoms with van der Waals surface area (Å²) in [5.74, 6) is 1.42. The van der Waals surface area contributed by atoms with Crippen LogP contribution in [0.25, 0.3) is 0 Å². The molecular weight excluding hydrogens is 249 g/mol. The molecule has 1 aliphatic heterocycles. The van der Waals surface area contributed by atoms with E-state index in [0.29, 0.717) is 12.5 Å². The van der Waals surface area contributed by atoms with Crippen molar-refractivity contribution in [3.8, 4) is 0 Å². The monoisotopic (exact) mass is 267 g/mol. The van der Waals surface area contributed by atoms with Crippen LogP contribution in [0, 0.1) is 5.92 Å². The Morgan fingerprint density at radius 3 is 2.88 bits per heavy atom. The molecule has 16 heavy (non-hydrogen) atoms. The van der Waals surface area contributed by atoms with E-state index in [9.17, 15) is 0 Å². The lowest BCUT2D eigenvalue weighted by molar-refractivity contribution is -0.0317. The molecule has 0 amide bonds. The summed E-state index contributed by atoms with van der Waals surface area (Å²) in [6.45, 7) is 1.51. The van der Waals surface area contributed by atoms with E-state index in [1.54, 1.807) is 6.20 Å². The molecule has 0 aromatic carbocycles. The van der Waals surface area contributed by atoms with E-state index in [2.05, 4.69) is 4.98 Å². The predicted octanol–water partition coefficient (Wildman–Crippen LogP) is 1.69. The molecule has 1 aliphatic rings. The average molecular weight is 268 g/mol. The van der Waals surface area contributed by atoms with Gasteiger partial charge in [-0.15, -0.1) is 24.8 Å². The van der Waals surface area contributed by atoms with Crippen LogP contribution in [-0.4, -0.2) is 22.7 Å². The van der Waals surface area contributed by atoms with E-state index in [1.165, 1.54) is 0 Å². The van der Waals surface area contributed by atoms with Gasteiger partial charge in [0.25, 0.3) is 0 Å². The molecule has 6 heteroatoms. The van der Waals surface area contributed by atoms with E-state index in [-0.39, 0.29) is 30.9 Å². The third kappa shape index (κ3) is 3.10. The van der Waals surface area contributed by atoms with Crippen molar-refractivity contribution < 1.29 is 4.74 Å². The number of aromatic nitrogens is 2. The van der Waals surface area contributed by atoms with Gasteiger partial charge in [-0.3, -0.25) is 0 Å². The number of nitrogens with two attached hydrogens (primary N) is 1. The van der Waals surface area contributed by atoms with Crippen LogP contribution in [0.15, 0.2) is 12.4 Å². The minimum absolute atomic E-state index is 0. The molecule has 1 fully saturated rings. The van der Waals surface area contributed by atoms with Gasteiger partial charge in [-0.1, -0.05) is 0 Å². The summed E-state index contributed by atoms with van der Waals surface area (Å²) in [6.07, 6.45) is 6.10. The summed E-state index contributed by atoms with van der Waals surface area (Å²) >= 11 is 0. The molecule has 1 aromatic rings. The summed E-state index contributed by atoms with van der Waals surface area (Å²) in [4.78, 5) is 4.32. The lowest BCUT2D eigenvalue weighted by atomic mass is 9.94. The van der Waals surface area contributed by atoms with Gasteiger partial charge in [0.15, 0.2) is 0 Å². The van der Waals surface area contributed by atoms with Crippen molar-refractivity contribution in [3.63, 3.8) is 0 Å². The molecule has 1 saturated heterocycles. The van der Waals surface area contributed by atoms with Gasteiger partial charge in [0.2, 0.25) is 0 Å². The zero-order chi connectivity index (χ0) is 9.97. The van der Waals surface area contributed by atoms with E-state index in [1.807, 2.05) is 17.8 Å². The number of hydrogen-bond donors (Lipinski definition) is 1. The first-order valence-corrected chi connectivity index (χ1v) is 5.12. The summed E-state index contributed by atoms with van der Waals surface area (Å²) < 4.78 is 7.76. The highest BCUT2D eigenvalue weighted by Gasteiger charge is 2.28. The van der Waals surface area contributed by atoms with E-state index < -0.39 is 0 Å². The highest BCUT2D eigenvalue weighted by Crippen LogP contribution is 2.31. The smallest absolute Gasteiger partial charge is 0.137 e. The number of aryl methyl sites for hydroxylation is 1. The maximum Gasteiger partial charge on any atom is 0.137 e. The first kappa shape index (κ1) is 15.7. The minimum atomic E-state index is 0. The second-order valence-corrected chi connectivity index (χ2v) is 3.83. The van der Waals surface area contributed by atoms with Gasteiger partial charge in [-0.25, -0.2) is 4.98 Å². The third-order valence-electron chi connectivity index (χ3n) is 2.86. The van der Waals surface area contributed by atoms with Crippen LogP contribution in [0.2, 0.25) is 0 Å². The number of rotatable bonds is 2. The van der Waals surface area contributed by atoms with E-state index in [4.69, 9.17) is 10.5 Å². The SMILES string of the molecule is Cl.Cl.Cn1ccnc1[C@@H]1OCCC[C@H]1CN. The molecule has 2 rings (SSSR count). The van der Waals surface area contributed by atoms with Crippen molar-refractivity contribution in [2.45, 2.75) is 18.9 Å². The summed E-state index contributed by atoms with van der Waals surface area (Å²) in [5.41, 5.74) is 5.73. The molecule has 2 heterocycles. The van der Waals surface area contributed by atoms with E-state index in [0.717, 1.165) is 25.3 Å². The normalized spacial score (nSPS) is 24.4. The Kier molecular flexibility index (Phi) is 6.99. The Morgan fingerprint density at radius 2 is 2.31 bits per heavy atom. The fourth-order valence-electron chi connectivity index (χ4n) is 2.02. The summed E-state index contributed by atoms with van der Waals surface area (Å²) in [5, 5.41) is 0. The Balaban J connectivity index is 0.00000112. The molecule has 94 valence electrons. The fraction of sp³-hybridized carbons (Fsp3) is 0.700. The molecule has 0 bridgehead atoms. The molecule has 0 unspecified atom stereocenters. The first-order valence-electron chi connectivity index (χ1n) is 5.12. The van der Waals surface area contributed by atoms with Crippen molar-refractivity contribution in [2.75, 3.05) is 13.2 Å². The van der Waals surface area contributed by atoms with Gasteiger partial charge in [-0.2, -0.15) is 0 Å². The predicted molar refractivity (Wildman–Crippen MR) is 68.2 cm³/mol. The number of halogens is 2. The van der Waals surface area contributed by atoms with Crippen LogP contribution >= 0.6 is 24.8 Å². The number of imidazole rings is 1. The van der Waals surface area contributed by atoms with Crippen molar-refractivity contribution >= 4 is 24.8 Å². The molecule has 0 spiro atoms. The molecule has 0 saturated carbocycles. The fourth-order valence-corrected chi connectivity index (χ4v) is 2.02. The van der Waals surface area contributed by atoms with Gasteiger partial charge in [-0.05, 0) is 19.4 Å². The van der Waals surface area contributed by atoms with Gasteiger partial charge < -0.3 is 15.0 Å². The molecule has 4 nitrogen and oxygen atoms in total. The number of nitrogens with zero attached hydrogens (tertiary/aromatic N) is 2. The Morgan fingerprint density at radius 1 is 1.56 bits per heavy atom. The van der Waals surface area contributed by atoms with Crippen LogP contribution in [0.4, 0.5) is 0 Å². The largest absolute Gasteiger partial charge is 0.370 e. The van der Waals surface area contributed by atoms with Crippen molar-refractivity contribution in [1.82, 2.24) is 9.55 Å². The second kappa shape index (κ2) is 7.12. The van der Waals surface area contributed by atoms with Crippen molar-refractivity contribution in [3.05, 3.63) is 18.2 Å². The van der Waals surface area contributed by atoms with Gasteiger partial charge in [0.05, 0.1) is 0 Å². The first-order chi connectivity index (χ1) is 6.83. The maximum atomic E-state index is 5.74. The van der Waals surface area contributed by atoms with Crippen LogP contribution in [0.3, 0.4) is 0 Å². The molecule has 2 N–H and O–H groups in total.